The van der Waals surface area contributed by atoms with E-state index in [1.165, 1.54) is 0 Å². The van der Waals surface area contributed by atoms with Crippen molar-refractivity contribution in [3.8, 4) is 18.1 Å². The molecular formula is C36H48O6. The van der Waals surface area contributed by atoms with Crippen LogP contribution >= 0.6 is 0 Å². The van der Waals surface area contributed by atoms with Crippen LogP contribution in [0.15, 0.2) is 67.3 Å². The van der Waals surface area contributed by atoms with Crippen molar-refractivity contribution >= 4 is 5.97 Å². The molecule has 0 N–H and O–H groups in total. The molecule has 0 radical (unpaired) electrons. The first-order valence-corrected chi connectivity index (χ1v) is 15.0. The van der Waals surface area contributed by atoms with Crippen LogP contribution in [0.1, 0.15) is 65.4 Å². The monoisotopic (exact) mass is 576 g/mol. The standard InChI is InChI=1S/C36H48O6/c1-10-23(4)32(39-22-28-16-14-13-15-17-28)25(6)31(12-3)40-35(37)27(8)34-26(7)33(24(5)11-2)41-36(42-34)29-18-20-30(38-9)21-19-29/h1,11,13-21,23-27,31-34,36H,2,12,22H2,3-9H3/t23-,24-,25-,26+,27+,31+,32+,33-,34-,36-/m0/s1. The highest BCUT2D eigenvalue weighted by molar-refractivity contribution is 5.73. The molecule has 1 aliphatic heterocycles. The van der Waals surface area contributed by atoms with E-state index in [1.807, 2.05) is 88.4 Å². The predicted molar refractivity (Wildman–Crippen MR) is 166 cm³/mol. The molecule has 3 rings (SSSR count). The molecule has 6 heteroatoms. The minimum absolute atomic E-state index is 0.0616. The normalized spacial score (nSPS) is 24.7. The van der Waals surface area contributed by atoms with Gasteiger partial charge in [-0.2, -0.15) is 0 Å². The van der Waals surface area contributed by atoms with Crippen LogP contribution in [-0.4, -0.2) is 37.5 Å². The molecule has 10 atom stereocenters. The fourth-order valence-electron chi connectivity index (χ4n) is 5.76. The zero-order valence-corrected chi connectivity index (χ0v) is 26.2. The van der Waals surface area contributed by atoms with Crippen LogP contribution in [0.5, 0.6) is 5.75 Å². The van der Waals surface area contributed by atoms with Crippen molar-refractivity contribution in [2.45, 2.75) is 85.3 Å². The number of terminal acetylenes is 1. The number of benzene rings is 2. The van der Waals surface area contributed by atoms with Gasteiger partial charge in [0.25, 0.3) is 0 Å². The summed E-state index contributed by atoms with van der Waals surface area (Å²) in [6.07, 6.45) is 6.46. The van der Waals surface area contributed by atoms with Crippen molar-refractivity contribution in [1.82, 2.24) is 0 Å². The Morgan fingerprint density at radius 3 is 2.26 bits per heavy atom. The molecule has 228 valence electrons. The lowest BCUT2D eigenvalue weighted by molar-refractivity contribution is -0.286. The average Bonchev–Trinajstić information content (AvgIpc) is 3.03. The lowest BCUT2D eigenvalue weighted by Crippen LogP contribution is -2.49. The first-order chi connectivity index (χ1) is 20.1. The van der Waals surface area contributed by atoms with E-state index in [9.17, 15) is 4.79 Å². The Kier molecular flexibility index (Phi) is 12.7. The third kappa shape index (κ3) is 8.25. The first kappa shape index (κ1) is 33.4. The highest BCUT2D eigenvalue weighted by Crippen LogP contribution is 2.40. The molecule has 0 aliphatic carbocycles. The summed E-state index contributed by atoms with van der Waals surface area (Å²) in [7, 11) is 1.63. The molecule has 2 aromatic rings. The van der Waals surface area contributed by atoms with Crippen LogP contribution in [0.25, 0.3) is 0 Å². The van der Waals surface area contributed by atoms with E-state index in [1.54, 1.807) is 7.11 Å². The van der Waals surface area contributed by atoms with Crippen molar-refractivity contribution in [1.29, 1.82) is 0 Å². The van der Waals surface area contributed by atoms with E-state index in [4.69, 9.17) is 30.1 Å². The van der Waals surface area contributed by atoms with E-state index in [-0.39, 0.29) is 48.0 Å². The van der Waals surface area contributed by atoms with Gasteiger partial charge in [0.05, 0.1) is 37.9 Å². The fraction of sp³-hybridized carbons (Fsp3) is 0.528. The molecule has 2 aromatic carbocycles. The Morgan fingerprint density at radius 2 is 1.69 bits per heavy atom. The van der Waals surface area contributed by atoms with E-state index in [2.05, 4.69) is 26.3 Å². The predicted octanol–water partition coefficient (Wildman–Crippen LogP) is 7.38. The lowest BCUT2D eigenvalue weighted by atomic mass is 9.82. The van der Waals surface area contributed by atoms with E-state index in [0.717, 1.165) is 16.9 Å². The Bertz CT molecular complexity index is 1160. The summed E-state index contributed by atoms with van der Waals surface area (Å²) < 4.78 is 30.8. The molecule has 1 heterocycles. The van der Waals surface area contributed by atoms with Gasteiger partial charge in [0.1, 0.15) is 11.9 Å². The molecular weight excluding hydrogens is 528 g/mol. The molecule has 6 nitrogen and oxygen atoms in total. The van der Waals surface area contributed by atoms with Gasteiger partial charge in [0.2, 0.25) is 0 Å². The number of esters is 1. The quantitative estimate of drug-likeness (QED) is 0.133. The maximum absolute atomic E-state index is 13.7. The van der Waals surface area contributed by atoms with Crippen LogP contribution in [-0.2, 0) is 30.3 Å². The molecule has 1 saturated heterocycles. The molecule has 42 heavy (non-hydrogen) atoms. The molecule has 0 unspecified atom stereocenters. The zero-order valence-electron chi connectivity index (χ0n) is 26.2. The van der Waals surface area contributed by atoms with Gasteiger partial charge in [-0.25, -0.2) is 0 Å². The summed E-state index contributed by atoms with van der Waals surface area (Å²) in [5.41, 5.74) is 1.93. The average molecular weight is 577 g/mol. The van der Waals surface area contributed by atoms with Crippen LogP contribution in [0.4, 0.5) is 0 Å². The fourth-order valence-corrected chi connectivity index (χ4v) is 5.76. The SMILES string of the molecule is C#C[C@H](C)[C@@H](OCc1ccccc1)[C@@H](C)[C@@H](CC)OC(=O)[C@H](C)[C@H]1O[C@@H](c2ccc(OC)cc2)O[C@@H]([C@@H](C)C=C)[C@H]1C. The summed E-state index contributed by atoms with van der Waals surface area (Å²) in [6, 6.07) is 17.6. The largest absolute Gasteiger partial charge is 0.497 e. The van der Waals surface area contributed by atoms with Gasteiger partial charge in [-0.05, 0) is 38.0 Å². The number of carbonyl (C=O) groups excluding carboxylic acids is 1. The summed E-state index contributed by atoms with van der Waals surface area (Å²) in [5, 5.41) is 0. The second-order valence-corrected chi connectivity index (χ2v) is 11.5. The van der Waals surface area contributed by atoms with E-state index in [0.29, 0.717) is 13.0 Å². The van der Waals surface area contributed by atoms with Gasteiger partial charge in [-0.15, -0.1) is 18.9 Å². The Morgan fingerprint density at radius 1 is 1.05 bits per heavy atom. The number of hydrogen-bond acceptors (Lipinski definition) is 6. The van der Waals surface area contributed by atoms with Gasteiger partial charge < -0.3 is 23.7 Å². The van der Waals surface area contributed by atoms with Crippen molar-refractivity contribution < 1.29 is 28.5 Å². The van der Waals surface area contributed by atoms with Crippen LogP contribution in [0.2, 0.25) is 0 Å². The number of methoxy groups -OCH3 is 1. The molecule has 1 aliphatic rings. The van der Waals surface area contributed by atoms with Gasteiger partial charge in [0.15, 0.2) is 6.29 Å². The highest BCUT2D eigenvalue weighted by Gasteiger charge is 2.44. The van der Waals surface area contributed by atoms with E-state index < -0.39 is 18.3 Å². The summed E-state index contributed by atoms with van der Waals surface area (Å²) in [6.45, 7) is 16.5. The number of hydrogen-bond donors (Lipinski definition) is 0. The topological polar surface area (TPSA) is 63.2 Å². The van der Waals surface area contributed by atoms with Crippen LogP contribution in [0, 0.1) is 41.9 Å². The van der Waals surface area contributed by atoms with Crippen molar-refractivity contribution in [2.24, 2.45) is 29.6 Å². The Balaban J connectivity index is 1.76. The Hall–Kier alpha value is -3.11. The first-order valence-electron chi connectivity index (χ1n) is 15.0. The molecule has 0 amide bonds. The minimum Gasteiger partial charge on any atom is -0.497 e. The Labute approximate surface area is 252 Å². The number of rotatable bonds is 14. The molecule has 0 aromatic heterocycles. The van der Waals surface area contributed by atoms with Crippen LogP contribution in [0.3, 0.4) is 0 Å². The van der Waals surface area contributed by atoms with Crippen LogP contribution < -0.4 is 4.74 Å². The second-order valence-electron chi connectivity index (χ2n) is 11.5. The van der Waals surface area contributed by atoms with Gasteiger partial charge >= 0.3 is 5.97 Å². The number of carbonyl (C=O) groups is 1. The molecule has 1 fully saturated rings. The van der Waals surface area contributed by atoms with E-state index >= 15 is 0 Å². The van der Waals surface area contributed by atoms with Gasteiger partial charge in [-0.1, -0.05) is 76.2 Å². The number of ether oxygens (including phenoxy) is 5. The van der Waals surface area contributed by atoms with Crippen molar-refractivity contribution in [3.05, 3.63) is 78.4 Å². The minimum atomic E-state index is -0.632. The molecule has 0 spiro atoms. The van der Waals surface area contributed by atoms with Gasteiger partial charge in [0, 0.05) is 29.2 Å². The van der Waals surface area contributed by atoms with Crippen molar-refractivity contribution in [2.75, 3.05) is 7.11 Å². The summed E-state index contributed by atoms with van der Waals surface area (Å²) >= 11 is 0. The third-order valence-electron chi connectivity index (χ3n) is 8.56. The highest BCUT2D eigenvalue weighted by atomic mass is 16.7. The molecule has 0 bridgehead atoms. The second kappa shape index (κ2) is 15.9. The summed E-state index contributed by atoms with van der Waals surface area (Å²) in [4.78, 5) is 13.7. The summed E-state index contributed by atoms with van der Waals surface area (Å²) in [5.74, 6) is 2.46. The maximum Gasteiger partial charge on any atom is 0.311 e. The third-order valence-corrected chi connectivity index (χ3v) is 8.56. The van der Waals surface area contributed by atoms with Crippen molar-refractivity contribution in [3.63, 3.8) is 0 Å². The smallest absolute Gasteiger partial charge is 0.311 e. The zero-order chi connectivity index (χ0) is 30.8. The maximum atomic E-state index is 13.7. The lowest BCUT2D eigenvalue weighted by Gasteiger charge is -2.44. The van der Waals surface area contributed by atoms with Gasteiger partial charge in [-0.3, -0.25) is 4.79 Å². The molecule has 0 saturated carbocycles.